The second-order valence-corrected chi connectivity index (χ2v) is 8.18. The molecule has 1 N–H and O–H groups in total. The molecule has 2 aliphatic rings. The molecular formula is C19H25N5O3S. The normalized spacial score (nSPS) is 18.8. The van der Waals surface area contributed by atoms with Crippen molar-refractivity contribution in [2.75, 3.05) is 26.2 Å². The molecule has 0 bridgehead atoms. The van der Waals surface area contributed by atoms with Gasteiger partial charge < -0.3 is 14.7 Å². The monoisotopic (exact) mass is 403 g/mol. The van der Waals surface area contributed by atoms with Gasteiger partial charge in [-0.1, -0.05) is 5.16 Å². The average Bonchev–Trinajstić information content (AvgIpc) is 3.18. The maximum Gasteiger partial charge on any atom is 0.237 e. The zero-order chi connectivity index (χ0) is 19.5. The lowest BCUT2D eigenvalue weighted by atomic mass is 10.2. The highest BCUT2D eigenvalue weighted by Crippen LogP contribution is 2.20. The molecule has 1 aliphatic carbocycles. The predicted octanol–water partition coefficient (Wildman–Crippen LogP) is 1.54. The molecule has 1 unspecified atom stereocenters. The lowest BCUT2D eigenvalue weighted by Gasteiger charge is -2.37. The fourth-order valence-electron chi connectivity index (χ4n) is 3.31. The summed E-state index contributed by atoms with van der Waals surface area (Å²) in [5, 5.41) is 10.9. The molecule has 1 aliphatic heterocycles. The van der Waals surface area contributed by atoms with Crippen molar-refractivity contribution in [3.63, 3.8) is 0 Å². The van der Waals surface area contributed by atoms with Crippen molar-refractivity contribution in [1.82, 2.24) is 25.3 Å². The van der Waals surface area contributed by atoms with E-state index in [4.69, 9.17) is 4.52 Å². The van der Waals surface area contributed by atoms with Gasteiger partial charge in [0.2, 0.25) is 23.5 Å². The van der Waals surface area contributed by atoms with E-state index >= 15 is 0 Å². The number of amides is 2. The van der Waals surface area contributed by atoms with E-state index in [0.717, 1.165) is 18.4 Å². The highest BCUT2D eigenvalue weighted by Gasteiger charge is 2.30. The summed E-state index contributed by atoms with van der Waals surface area (Å²) < 4.78 is 5.26. The number of rotatable bonds is 7. The number of aromatic nitrogens is 2. The summed E-state index contributed by atoms with van der Waals surface area (Å²) >= 11 is 1.58. The fourth-order valence-corrected chi connectivity index (χ4v) is 3.95. The number of hydrogen-bond donors (Lipinski definition) is 1. The Morgan fingerprint density at radius 3 is 2.79 bits per heavy atom. The quantitative estimate of drug-likeness (QED) is 0.754. The van der Waals surface area contributed by atoms with Gasteiger partial charge in [-0.2, -0.15) is 16.3 Å². The van der Waals surface area contributed by atoms with Crippen LogP contribution in [0.5, 0.6) is 0 Å². The SMILES string of the molecule is CC(C(=O)NC1CC1)N1CCN(C(=O)CCc2nc(-c3ccsc3)no2)CC1. The first-order valence-electron chi connectivity index (χ1n) is 9.77. The summed E-state index contributed by atoms with van der Waals surface area (Å²) in [6.07, 6.45) is 2.98. The Bertz CT molecular complexity index is 809. The van der Waals surface area contributed by atoms with Gasteiger partial charge in [0.25, 0.3) is 0 Å². The summed E-state index contributed by atoms with van der Waals surface area (Å²) in [6.45, 7) is 4.66. The van der Waals surface area contributed by atoms with Crippen LogP contribution >= 0.6 is 11.3 Å². The molecule has 8 nitrogen and oxygen atoms in total. The van der Waals surface area contributed by atoms with Gasteiger partial charge in [0.15, 0.2) is 0 Å². The number of nitrogens with one attached hydrogen (secondary N) is 1. The topological polar surface area (TPSA) is 91.6 Å². The average molecular weight is 404 g/mol. The number of piperazine rings is 1. The minimum atomic E-state index is -0.147. The van der Waals surface area contributed by atoms with Gasteiger partial charge in [0.1, 0.15) is 0 Å². The van der Waals surface area contributed by atoms with Crippen molar-refractivity contribution >= 4 is 23.2 Å². The number of hydrogen-bond acceptors (Lipinski definition) is 7. The molecule has 9 heteroatoms. The molecule has 1 saturated carbocycles. The van der Waals surface area contributed by atoms with Gasteiger partial charge >= 0.3 is 0 Å². The van der Waals surface area contributed by atoms with Crippen LogP contribution in [0.3, 0.4) is 0 Å². The van der Waals surface area contributed by atoms with Crippen molar-refractivity contribution in [2.24, 2.45) is 0 Å². The minimum absolute atomic E-state index is 0.0880. The first-order chi connectivity index (χ1) is 13.6. The van der Waals surface area contributed by atoms with Gasteiger partial charge in [-0.25, -0.2) is 0 Å². The third-order valence-electron chi connectivity index (χ3n) is 5.32. The zero-order valence-corrected chi connectivity index (χ0v) is 16.8. The van der Waals surface area contributed by atoms with Crippen LogP contribution in [0.4, 0.5) is 0 Å². The number of aryl methyl sites for hydroxylation is 1. The number of nitrogens with zero attached hydrogens (tertiary/aromatic N) is 4. The van der Waals surface area contributed by atoms with Crippen molar-refractivity contribution in [2.45, 2.75) is 44.7 Å². The second-order valence-electron chi connectivity index (χ2n) is 7.40. The first-order valence-corrected chi connectivity index (χ1v) is 10.7. The van der Waals surface area contributed by atoms with Crippen LogP contribution in [0.25, 0.3) is 11.4 Å². The lowest BCUT2D eigenvalue weighted by Crippen LogP contribution is -2.55. The molecule has 2 aromatic rings. The van der Waals surface area contributed by atoms with Crippen LogP contribution in [-0.2, 0) is 16.0 Å². The molecule has 2 aromatic heterocycles. The lowest BCUT2D eigenvalue weighted by molar-refractivity contribution is -0.134. The summed E-state index contributed by atoms with van der Waals surface area (Å²) in [5.41, 5.74) is 0.933. The van der Waals surface area contributed by atoms with Gasteiger partial charge in [-0.3, -0.25) is 14.5 Å². The van der Waals surface area contributed by atoms with Gasteiger partial charge in [-0.15, -0.1) is 0 Å². The van der Waals surface area contributed by atoms with Crippen molar-refractivity contribution in [3.8, 4) is 11.4 Å². The molecule has 4 rings (SSSR count). The number of carbonyl (C=O) groups is 2. The van der Waals surface area contributed by atoms with Crippen molar-refractivity contribution in [3.05, 3.63) is 22.7 Å². The van der Waals surface area contributed by atoms with E-state index in [9.17, 15) is 9.59 Å². The second kappa shape index (κ2) is 8.40. The molecule has 150 valence electrons. The molecule has 1 saturated heterocycles. The van der Waals surface area contributed by atoms with Crippen LogP contribution in [0.2, 0.25) is 0 Å². The third-order valence-corrected chi connectivity index (χ3v) is 6.00. The van der Waals surface area contributed by atoms with Crippen LogP contribution in [-0.4, -0.2) is 70.0 Å². The summed E-state index contributed by atoms with van der Waals surface area (Å²) in [4.78, 5) is 33.1. The fraction of sp³-hybridized carbons (Fsp3) is 0.579. The standard InChI is InChI=1S/C19H25N5O3S/c1-13(19(26)20-15-2-3-15)23-7-9-24(10-8-23)17(25)5-4-16-21-18(22-27-16)14-6-11-28-12-14/h6,11-13,15H,2-5,7-10H2,1H3,(H,20,26). The number of carbonyl (C=O) groups excluding carboxylic acids is 2. The van der Waals surface area contributed by atoms with Crippen LogP contribution in [0.15, 0.2) is 21.3 Å². The Morgan fingerprint density at radius 2 is 2.11 bits per heavy atom. The van der Waals surface area contributed by atoms with Crippen LogP contribution < -0.4 is 5.32 Å². The zero-order valence-electron chi connectivity index (χ0n) is 16.0. The van der Waals surface area contributed by atoms with Gasteiger partial charge in [0.05, 0.1) is 6.04 Å². The maximum absolute atomic E-state index is 12.5. The minimum Gasteiger partial charge on any atom is -0.352 e. The maximum atomic E-state index is 12.5. The molecule has 0 spiro atoms. The Labute approximate surface area is 167 Å². The summed E-state index contributed by atoms with van der Waals surface area (Å²) in [5.74, 6) is 1.24. The van der Waals surface area contributed by atoms with E-state index in [-0.39, 0.29) is 17.9 Å². The van der Waals surface area contributed by atoms with E-state index in [2.05, 4.69) is 20.4 Å². The molecular weight excluding hydrogens is 378 g/mol. The Morgan fingerprint density at radius 1 is 1.32 bits per heavy atom. The van der Waals surface area contributed by atoms with E-state index < -0.39 is 0 Å². The Balaban J connectivity index is 1.21. The molecule has 1 atom stereocenters. The number of thiophene rings is 1. The van der Waals surface area contributed by atoms with E-state index in [0.29, 0.717) is 56.8 Å². The highest BCUT2D eigenvalue weighted by molar-refractivity contribution is 7.08. The molecule has 2 fully saturated rings. The molecule has 2 amide bonds. The predicted molar refractivity (Wildman–Crippen MR) is 105 cm³/mol. The Hall–Kier alpha value is -2.26. The largest absolute Gasteiger partial charge is 0.352 e. The summed E-state index contributed by atoms with van der Waals surface area (Å²) in [7, 11) is 0. The third kappa shape index (κ3) is 4.59. The molecule has 0 aromatic carbocycles. The van der Waals surface area contributed by atoms with E-state index in [1.807, 2.05) is 28.7 Å². The summed E-state index contributed by atoms with van der Waals surface area (Å²) in [6, 6.07) is 2.17. The first kappa shape index (κ1) is 19.1. The molecule has 28 heavy (non-hydrogen) atoms. The smallest absolute Gasteiger partial charge is 0.237 e. The molecule has 0 radical (unpaired) electrons. The van der Waals surface area contributed by atoms with E-state index in [1.165, 1.54) is 0 Å². The van der Waals surface area contributed by atoms with Gasteiger partial charge in [0, 0.05) is 56.0 Å². The van der Waals surface area contributed by atoms with E-state index in [1.54, 1.807) is 11.3 Å². The van der Waals surface area contributed by atoms with Crippen molar-refractivity contribution in [1.29, 1.82) is 0 Å². The highest BCUT2D eigenvalue weighted by atomic mass is 32.1. The van der Waals surface area contributed by atoms with Crippen LogP contribution in [0, 0.1) is 0 Å². The Kier molecular flexibility index (Phi) is 5.72. The van der Waals surface area contributed by atoms with Crippen molar-refractivity contribution < 1.29 is 14.1 Å². The molecule has 3 heterocycles. The van der Waals surface area contributed by atoms with Crippen LogP contribution in [0.1, 0.15) is 32.1 Å². The van der Waals surface area contributed by atoms with Gasteiger partial charge in [-0.05, 0) is 31.2 Å².